The number of hydrogen-bond donors (Lipinski definition) is 0. The fourth-order valence-electron chi connectivity index (χ4n) is 2.88. The van der Waals surface area contributed by atoms with Crippen LogP contribution in [0.15, 0.2) is 42.7 Å². The molecule has 0 radical (unpaired) electrons. The summed E-state index contributed by atoms with van der Waals surface area (Å²) in [5.74, 6) is 1.14. The molecule has 5 heteroatoms. The Morgan fingerprint density at radius 2 is 2.17 bits per heavy atom. The van der Waals surface area contributed by atoms with Gasteiger partial charge in [0.05, 0.1) is 19.6 Å². The first-order chi connectivity index (χ1) is 11.1. The minimum atomic E-state index is -0.102. The van der Waals surface area contributed by atoms with Gasteiger partial charge in [-0.05, 0) is 24.1 Å². The van der Waals surface area contributed by atoms with Crippen molar-refractivity contribution in [3.8, 4) is 5.88 Å². The number of amides is 1. The zero-order valence-electron chi connectivity index (χ0n) is 13.7. The predicted molar refractivity (Wildman–Crippen MR) is 88.0 cm³/mol. The second kappa shape index (κ2) is 6.86. The van der Waals surface area contributed by atoms with Gasteiger partial charge in [-0.15, -0.1) is 0 Å². The lowest BCUT2D eigenvalue weighted by atomic mass is 10.1. The van der Waals surface area contributed by atoms with Gasteiger partial charge in [0.2, 0.25) is 11.8 Å². The van der Waals surface area contributed by atoms with E-state index in [1.165, 1.54) is 0 Å². The van der Waals surface area contributed by atoms with Gasteiger partial charge in [0.1, 0.15) is 6.10 Å². The van der Waals surface area contributed by atoms with Crippen molar-refractivity contribution in [1.82, 2.24) is 14.5 Å². The molecule has 1 aliphatic rings. The van der Waals surface area contributed by atoms with Crippen LogP contribution in [0.4, 0.5) is 0 Å². The second-order valence-electron chi connectivity index (χ2n) is 6.43. The Hall–Kier alpha value is -2.30. The summed E-state index contributed by atoms with van der Waals surface area (Å²) in [5, 5.41) is 0. The SMILES string of the molecule is CC(C)CC(=O)N1Cc2cccn2C[C@@H](Oc2ccccn2)C1. The summed E-state index contributed by atoms with van der Waals surface area (Å²) in [4.78, 5) is 18.7. The number of aromatic nitrogens is 2. The molecule has 2 aromatic rings. The fourth-order valence-corrected chi connectivity index (χ4v) is 2.88. The van der Waals surface area contributed by atoms with E-state index >= 15 is 0 Å². The van der Waals surface area contributed by atoms with Gasteiger partial charge in [0, 0.05) is 30.6 Å². The third-order valence-corrected chi connectivity index (χ3v) is 3.96. The molecule has 23 heavy (non-hydrogen) atoms. The Balaban J connectivity index is 1.78. The summed E-state index contributed by atoms with van der Waals surface area (Å²) >= 11 is 0. The summed E-state index contributed by atoms with van der Waals surface area (Å²) < 4.78 is 8.18. The molecule has 3 rings (SSSR count). The van der Waals surface area contributed by atoms with Crippen LogP contribution in [0.25, 0.3) is 0 Å². The molecule has 5 nitrogen and oxygen atoms in total. The van der Waals surface area contributed by atoms with Crippen LogP contribution in [0.1, 0.15) is 26.0 Å². The Morgan fingerprint density at radius 1 is 1.30 bits per heavy atom. The number of carbonyl (C=O) groups excluding carboxylic acids is 1. The second-order valence-corrected chi connectivity index (χ2v) is 6.43. The molecule has 1 amide bonds. The number of fused-ring (bicyclic) bond motifs is 1. The average molecular weight is 313 g/mol. The Bertz CT molecular complexity index is 651. The molecule has 3 heterocycles. The predicted octanol–water partition coefficient (Wildman–Crippen LogP) is 2.72. The van der Waals surface area contributed by atoms with Crippen LogP contribution in [-0.4, -0.2) is 33.0 Å². The lowest BCUT2D eigenvalue weighted by Crippen LogP contribution is -2.39. The van der Waals surface area contributed by atoms with Crippen molar-refractivity contribution in [1.29, 1.82) is 0 Å². The van der Waals surface area contributed by atoms with Crippen molar-refractivity contribution >= 4 is 5.91 Å². The maximum Gasteiger partial charge on any atom is 0.223 e. The largest absolute Gasteiger partial charge is 0.471 e. The quantitative estimate of drug-likeness (QED) is 0.872. The average Bonchev–Trinajstić information content (AvgIpc) is 2.86. The topological polar surface area (TPSA) is 47.4 Å². The summed E-state index contributed by atoms with van der Waals surface area (Å²) in [7, 11) is 0. The minimum absolute atomic E-state index is 0.102. The number of nitrogens with zero attached hydrogens (tertiary/aromatic N) is 3. The number of ether oxygens (including phenoxy) is 1. The van der Waals surface area contributed by atoms with Crippen LogP contribution in [-0.2, 0) is 17.9 Å². The van der Waals surface area contributed by atoms with Crippen molar-refractivity contribution in [2.45, 2.75) is 39.5 Å². The van der Waals surface area contributed by atoms with Crippen molar-refractivity contribution in [3.05, 3.63) is 48.4 Å². The van der Waals surface area contributed by atoms with Gasteiger partial charge >= 0.3 is 0 Å². The van der Waals surface area contributed by atoms with Crippen LogP contribution in [0.3, 0.4) is 0 Å². The maximum absolute atomic E-state index is 12.5. The third kappa shape index (κ3) is 3.92. The van der Waals surface area contributed by atoms with E-state index in [0.717, 1.165) is 12.2 Å². The fraction of sp³-hybridized carbons (Fsp3) is 0.444. The molecular formula is C18H23N3O2. The molecule has 0 bridgehead atoms. The van der Waals surface area contributed by atoms with Gasteiger partial charge in [-0.1, -0.05) is 19.9 Å². The number of rotatable bonds is 4. The highest BCUT2D eigenvalue weighted by Crippen LogP contribution is 2.18. The lowest BCUT2D eigenvalue weighted by molar-refractivity contribution is -0.133. The van der Waals surface area contributed by atoms with Crippen LogP contribution >= 0.6 is 0 Å². The van der Waals surface area contributed by atoms with E-state index in [-0.39, 0.29) is 12.0 Å². The van der Waals surface area contributed by atoms with Crippen LogP contribution < -0.4 is 4.74 Å². The van der Waals surface area contributed by atoms with Crippen molar-refractivity contribution in [2.24, 2.45) is 5.92 Å². The summed E-state index contributed by atoms with van der Waals surface area (Å²) in [5.41, 5.74) is 1.15. The number of hydrogen-bond acceptors (Lipinski definition) is 3. The Morgan fingerprint density at radius 3 is 2.91 bits per heavy atom. The van der Waals surface area contributed by atoms with Crippen LogP contribution in [0.5, 0.6) is 5.88 Å². The number of carbonyl (C=O) groups is 1. The van der Waals surface area contributed by atoms with E-state index in [9.17, 15) is 4.79 Å². The maximum atomic E-state index is 12.5. The molecule has 1 atom stereocenters. The molecule has 0 unspecified atom stereocenters. The van der Waals surface area contributed by atoms with Crippen LogP contribution in [0, 0.1) is 5.92 Å². The highest BCUT2D eigenvalue weighted by atomic mass is 16.5. The zero-order chi connectivity index (χ0) is 16.2. The molecule has 122 valence electrons. The molecule has 0 fully saturated rings. The monoisotopic (exact) mass is 313 g/mol. The zero-order valence-corrected chi connectivity index (χ0v) is 13.7. The molecular weight excluding hydrogens is 290 g/mol. The molecule has 2 aromatic heterocycles. The van der Waals surface area contributed by atoms with E-state index in [2.05, 4.69) is 29.5 Å². The first kappa shape index (κ1) is 15.6. The first-order valence-corrected chi connectivity index (χ1v) is 8.11. The lowest BCUT2D eigenvalue weighted by Gasteiger charge is -2.25. The van der Waals surface area contributed by atoms with E-state index in [1.54, 1.807) is 6.20 Å². The smallest absolute Gasteiger partial charge is 0.223 e. The number of pyridine rings is 1. The molecule has 0 saturated heterocycles. The normalized spacial score (nSPS) is 17.7. The van der Waals surface area contributed by atoms with Crippen molar-refractivity contribution in [3.63, 3.8) is 0 Å². The van der Waals surface area contributed by atoms with Crippen molar-refractivity contribution in [2.75, 3.05) is 6.54 Å². The molecule has 0 aromatic carbocycles. The molecule has 0 aliphatic carbocycles. The third-order valence-electron chi connectivity index (χ3n) is 3.96. The van der Waals surface area contributed by atoms with Gasteiger partial charge in [-0.2, -0.15) is 0 Å². The molecule has 0 saturated carbocycles. The Kier molecular flexibility index (Phi) is 4.65. The van der Waals surface area contributed by atoms with Gasteiger partial charge in [0.15, 0.2) is 0 Å². The summed E-state index contributed by atoms with van der Waals surface area (Å²) in [6.07, 6.45) is 4.22. The van der Waals surface area contributed by atoms with Gasteiger partial charge < -0.3 is 14.2 Å². The minimum Gasteiger partial charge on any atom is -0.471 e. The van der Waals surface area contributed by atoms with E-state index in [1.807, 2.05) is 35.4 Å². The van der Waals surface area contributed by atoms with E-state index in [4.69, 9.17) is 4.74 Å². The van der Waals surface area contributed by atoms with Crippen LogP contribution in [0.2, 0.25) is 0 Å². The van der Waals surface area contributed by atoms with E-state index < -0.39 is 0 Å². The van der Waals surface area contributed by atoms with Gasteiger partial charge in [-0.3, -0.25) is 4.79 Å². The Labute approximate surface area is 136 Å². The summed E-state index contributed by atoms with van der Waals surface area (Å²) in [6, 6.07) is 9.70. The van der Waals surface area contributed by atoms with Gasteiger partial charge in [-0.25, -0.2) is 4.98 Å². The highest BCUT2D eigenvalue weighted by Gasteiger charge is 2.26. The first-order valence-electron chi connectivity index (χ1n) is 8.11. The molecule has 0 spiro atoms. The molecule has 0 N–H and O–H groups in total. The van der Waals surface area contributed by atoms with Crippen molar-refractivity contribution < 1.29 is 9.53 Å². The standard InChI is InChI=1S/C18H23N3O2/c1-14(2)10-18(22)21-11-15-6-5-9-20(15)12-16(13-21)23-17-7-3-4-8-19-17/h3-9,14,16H,10-13H2,1-2H3/t16-/m1/s1. The summed E-state index contributed by atoms with van der Waals surface area (Å²) in [6.45, 7) is 6.09. The van der Waals surface area contributed by atoms with Gasteiger partial charge in [0.25, 0.3) is 0 Å². The molecule has 1 aliphatic heterocycles. The highest BCUT2D eigenvalue weighted by molar-refractivity contribution is 5.76. The van der Waals surface area contributed by atoms with E-state index in [0.29, 0.717) is 31.3 Å².